The molecule has 1 rings (SSSR count). The van der Waals surface area contributed by atoms with Crippen molar-refractivity contribution in [1.82, 2.24) is 9.78 Å². The molecule has 0 bridgehead atoms. The molecule has 3 nitrogen and oxygen atoms in total. The first kappa shape index (κ1) is 12.7. The second-order valence-electron chi connectivity index (χ2n) is 3.85. The van der Waals surface area contributed by atoms with Gasteiger partial charge in [0, 0.05) is 18.8 Å². The standard InChI is InChI=1S/C11H19BrN2O/c1-9-11(12)10(2)14(13-9)7-5-3-4-6-8-15/h15H,3-8H2,1-2H3. The maximum Gasteiger partial charge on any atom is 0.0738 e. The molecule has 0 aliphatic carbocycles. The van der Waals surface area contributed by atoms with Crippen LogP contribution < -0.4 is 0 Å². The molecule has 0 spiro atoms. The van der Waals surface area contributed by atoms with Crippen molar-refractivity contribution in [3.05, 3.63) is 15.9 Å². The Morgan fingerprint density at radius 3 is 2.40 bits per heavy atom. The molecule has 0 aromatic carbocycles. The summed E-state index contributed by atoms with van der Waals surface area (Å²) in [5, 5.41) is 13.1. The largest absolute Gasteiger partial charge is 0.396 e. The summed E-state index contributed by atoms with van der Waals surface area (Å²) < 4.78 is 3.18. The number of hydrogen-bond donors (Lipinski definition) is 1. The fraction of sp³-hybridized carbons (Fsp3) is 0.727. The third-order valence-corrected chi connectivity index (χ3v) is 3.72. The zero-order valence-corrected chi connectivity index (χ0v) is 11.0. The smallest absolute Gasteiger partial charge is 0.0738 e. The van der Waals surface area contributed by atoms with Crippen molar-refractivity contribution in [3.8, 4) is 0 Å². The van der Waals surface area contributed by atoms with Crippen LogP contribution in [0, 0.1) is 13.8 Å². The number of rotatable bonds is 6. The molecular weight excluding hydrogens is 256 g/mol. The molecular formula is C11H19BrN2O. The van der Waals surface area contributed by atoms with Crippen molar-refractivity contribution in [2.24, 2.45) is 0 Å². The third kappa shape index (κ3) is 3.61. The first-order valence-corrected chi connectivity index (χ1v) is 6.26. The van der Waals surface area contributed by atoms with Gasteiger partial charge in [-0.2, -0.15) is 5.10 Å². The lowest BCUT2D eigenvalue weighted by atomic mass is 10.2. The van der Waals surface area contributed by atoms with Crippen molar-refractivity contribution in [2.45, 2.75) is 46.1 Å². The van der Waals surface area contributed by atoms with Crippen LogP contribution in [0.4, 0.5) is 0 Å². The quantitative estimate of drug-likeness (QED) is 0.811. The highest BCUT2D eigenvalue weighted by molar-refractivity contribution is 9.10. The van der Waals surface area contributed by atoms with E-state index in [2.05, 4.69) is 32.6 Å². The lowest BCUT2D eigenvalue weighted by Gasteiger charge is -2.03. The van der Waals surface area contributed by atoms with Crippen molar-refractivity contribution >= 4 is 15.9 Å². The number of aromatic nitrogens is 2. The Kier molecular flexibility index (Phi) is 5.32. The van der Waals surface area contributed by atoms with Gasteiger partial charge in [-0.15, -0.1) is 0 Å². The minimum Gasteiger partial charge on any atom is -0.396 e. The number of nitrogens with zero attached hydrogens (tertiary/aromatic N) is 2. The molecule has 0 atom stereocenters. The fourth-order valence-electron chi connectivity index (χ4n) is 1.62. The van der Waals surface area contributed by atoms with Gasteiger partial charge in [0.25, 0.3) is 0 Å². The van der Waals surface area contributed by atoms with Crippen LogP contribution in [-0.2, 0) is 6.54 Å². The van der Waals surface area contributed by atoms with Crippen LogP contribution in [0.25, 0.3) is 0 Å². The molecule has 0 amide bonds. The van der Waals surface area contributed by atoms with Gasteiger partial charge in [-0.25, -0.2) is 0 Å². The predicted molar refractivity (Wildman–Crippen MR) is 65.0 cm³/mol. The van der Waals surface area contributed by atoms with E-state index in [-0.39, 0.29) is 0 Å². The minimum atomic E-state index is 0.311. The molecule has 15 heavy (non-hydrogen) atoms. The van der Waals surface area contributed by atoms with Gasteiger partial charge in [0.15, 0.2) is 0 Å². The molecule has 0 aliphatic rings. The SMILES string of the molecule is Cc1nn(CCCCCCO)c(C)c1Br. The number of halogens is 1. The molecule has 1 aromatic heterocycles. The summed E-state index contributed by atoms with van der Waals surface area (Å²) in [5.41, 5.74) is 2.26. The van der Waals surface area contributed by atoms with Crippen LogP contribution in [0.1, 0.15) is 37.1 Å². The Morgan fingerprint density at radius 2 is 1.87 bits per heavy atom. The fourth-order valence-corrected chi connectivity index (χ4v) is 1.90. The van der Waals surface area contributed by atoms with E-state index in [1.54, 1.807) is 0 Å². The summed E-state index contributed by atoms with van der Waals surface area (Å²) in [6.45, 7) is 5.38. The number of aliphatic hydroxyl groups excluding tert-OH is 1. The van der Waals surface area contributed by atoms with Gasteiger partial charge in [-0.1, -0.05) is 12.8 Å². The van der Waals surface area contributed by atoms with E-state index in [4.69, 9.17) is 5.11 Å². The molecule has 0 unspecified atom stereocenters. The van der Waals surface area contributed by atoms with Gasteiger partial charge >= 0.3 is 0 Å². The van der Waals surface area contributed by atoms with Crippen LogP contribution in [0.5, 0.6) is 0 Å². The van der Waals surface area contributed by atoms with Crippen molar-refractivity contribution in [1.29, 1.82) is 0 Å². The molecule has 86 valence electrons. The minimum absolute atomic E-state index is 0.311. The van der Waals surface area contributed by atoms with Crippen LogP contribution >= 0.6 is 15.9 Å². The first-order chi connectivity index (χ1) is 7.16. The van der Waals surface area contributed by atoms with Crippen LogP contribution in [0.2, 0.25) is 0 Å². The van der Waals surface area contributed by atoms with E-state index in [1.807, 2.05) is 6.92 Å². The first-order valence-electron chi connectivity index (χ1n) is 5.47. The monoisotopic (exact) mass is 274 g/mol. The van der Waals surface area contributed by atoms with Crippen molar-refractivity contribution < 1.29 is 5.11 Å². The van der Waals surface area contributed by atoms with Crippen LogP contribution in [0.15, 0.2) is 4.47 Å². The van der Waals surface area contributed by atoms with E-state index in [0.717, 1.165) is 42.4 Å². The zero-order chi connectivity index (χ0) is 11.3. The lowest BCUT2D eigenvalue weighted by Crippen LogP contribution is -2.02. The average molecular weight is 275 g/mol. The Balaban J connectivity index is 2.34. The number of aryl methyl sites for hydroxylation is 2. The van der Waals surface area contributed by atoms with Crippen molar-refractivity contribution in [2.75, 3.05) is 6.61 Å². The number of unbranched alkanes of at least 4 members (excludes halogenated alkanes) is 3. The van der Waals surface area contributed by atoms with E-state index in [1.165, 1.54) is 5.69 Å². The molecule has 0 radical (unpaired) electrons. The summed E-state index contributed by atoms with van der Waals surface area (Å²) in [7, 11) is 0. The Labute approximate surface area is 99.6 Å². The van der Waals surface area contributed by atoms with E-state index >= 15 is 0 Å². The summed E-state index contributed by atoms with van der Waals surface area (Å²) in [6, 6.07) is 0. The van der Waals surface area contributed by atoms with Crippen LogP contribution in [-0.4, -0.2) is 21.5 Å². The molecule has 0 saturated carbocycles. The van der Waals surface area contributed by atoms with Gasteiger partial charge in [0.1, 0.15) is 0 Å². The lowest BCUT2D eigenvalue weighted by molar-refractivity contribution is 0.282. The third-order valence-electron chi connectivity index (χ3n) is 2.57. The molecule has 0 saturated heterocycles. The van der Waals surface area contributed by atoms with Gasteiger partial charge in [0.2, 0.25) is 0 Å². The maximum atomic E-state index is 8.64. The molecule has 1 heterocycles. The van der Waals surface area contributed by atoms with Gasteiger partial charge < -0.3 is 5.11 Å². The molecule has 1 N–H and O–H groups in total. The Morgan fingerprint density at radius 1 is 1.20 bits per heavy atom. The molecule has 0 aliphatic heterocycles. The summed E-state index contributed by atoms with van der Waals surface area (Å²) in [6.07, 6.45) is 4.32. The number of hydrogen-bond acceptors (Lipinski definition) is 2. The van der Waals surface area contributed by atoms with Crippen LogP contribution in [0.3, 0.4) is 0 Å². The topological polar surface area (TPSA) is 38.0 Å². The summed E-state index contributed by atoms with van der Waals surface area (Å²) in [5.74, 6) is 0. The predicted octanol–water partition coefficient (Wildman–Crippen LogP) is 2.82. The van der Waals surface area contributed by atoms with E-state index < -0.39 is 0 Å². The van der Waals surface area contributed by atoms with Gasteiger partial charge in [-0.05, 0) is 42.6 Å². The highest BCUT2D eigenvalue weighted by Crippen LogP contribution is 2.20. The molecule has 0 fully saturated rings. The number of aliphatic hydroxyl groups is 1. The Bertz CT molecular complexity index is 310. The van der Waals surface area contributed by atoms with Gasteiger partial charge in [0.05, 0.1) is 10.2 Å². The maximum absolute atomic E-state index is 8.64. The van der Waals surface area contributed by atoms with Gasteiger partial charge in [-0.3, -0.25) is 4.68 Å². The zero-order valence-electron chi connectivity index (χ0n) is 9.46. The molecule has 4 heteroatoms. The second-order valence-corrected chi connectivity index (χ2v) is 4.64. The normalized spacial score (nSPS) is 10.9. The van der Waals surface area contributed by atoms with E-state index in [9.17, 15) is 0 Å². The summed E-state index contributed by atoms with van der Waals surface area (Å²) >= 11 is 3.52. The highest BCUT2D eigenvalue weighted by Gasteiger charge is 2.07. The Hall–Kier alpha value is -0.350. The van der Waals surface area contributed by atoms with Crippen molar-refractivity contribution in [3.63, 3.8) is 0 Å². The second kappa shape index (κ2) is 6.28. The average Bonchev–Trinajstić information content (AvgIpc) is 2.46. The highest BCUT2D eigenvalue weighted by atomic mass is 79.9. The molecule has 1 aromatic rings. The van der Waals surface area contributed by atoms with E-state index in [0.29, 0.717) is 6.61 Å². The summed E-state index contributed by atoms with van der Waals surface area (Å²) in [4.78, 5) is 0.